The minimum atomic E-state index is -3.13. The number of nitrogens with one attached hydrogen (secondary N) is 1. The lowest BCUT2D eigenvalue weighted by Crippen LogP contribution is -2.35. The van der Waals surface area contributed by atoms with Gasteiger partial charge in [0, 0.05) is 26.2 Å². The molecule has 6 heteroatoms. The van der Waals surface area contributed by atoms with Crippen LogP contribution in [0.4, 0.5) is 0 Å². The molecule has 1 aliphatic rings. The van der Waals surface area contributed by atoms with Crippen LogP contribution in [0.5, 0.6) is 0 Å². The average Bonchev–Trinajstić information content (AvgIpc) is 2.25. The summed E-state index contributed by atoms with van der Waals surface area (Å²) in [4.78, 5) is 1.97. The number of hydrogen-bond acceptors (Lipinski definition) is 3. The molecule has 0 atom stereocenters. The topological polar surface area (TPSA) is 52.6 Å². The zero-order valence-electron chi connectivity index (χ0n) is 7.45. The third kappa shape index (κ3) is 2.41. The van der Waals surface area contributed by atoms with E-state index in [0.29, 0.717) is 19.6 Å². The molecular weight excluding hydrogens is 178 g/mol. The van der Waals surface area contributed by atoms with Crippen molar-refractivity contribution in [1.29, 1.82) is 0 Å². The second-order valence-electron chi connectivity index (χ2n) is 3.10. The quantitative estimate of drug-likeness (QED) is 0.606. The summed E-state index contributed by atoms with van der Waals surface area (Å²) in [6, 6.07) is 0. The van der Waals surface area contributed by atoms with Gasteiger partial charge in [-0.05, 0) is 14.1 Å². The minimum absolute atomic E-state index is 0.537. The first-order valence-electron chi connectivity index (χ1n) is 3.92. The van der Waals surface area contributed by atoms with Crippen LogP contribution in [-0.2, 0) is 10.2 Å². The fourth-order valence-corrected chi connectivity index (χ4v) is 2.24. The average molecular weight is 193 g/mol. The van der Waals surface area contributed by atoms with Crippen molar-refractivity contribution in [3.8, 4) is 0 Å². The molecule has 72 valence electrons. The zero-order valence-corrected chi connectivity index (χ0v) is 8.26. The Morgan fingerprint density at radius 2 is 2.17 bits per heavy atom. The van der Waals surface area contributed by atoms with Crippen LogP contribution >= 0.6 is 0 Å². The Labute approximate surface area is 73.5 Å². The van der Waals surface area contributed by atoms with Gasteiger partial charge in [0.25, 0.3) is 10.2 Å². The second-order valence-corrected chi connectivity index (χ2v) is 4.86. The van der Waals surface area contributed by atoms with Gasteiger partial charge in [-0.1, -0.05) is 0 Å². The Morgan fingerprint density at radius 1 is 1.50 bits per heavy atom. The van der Waals surface area contributed by atoms with Gasteiger partial charge in [-0.25, -0.2) is 4.72 Å². The van der Waals surface area contributed by atoms with Crippen molar-refractivity contribution in [3.05, 3.63) is 0 Å². The number of hydrogen-bond donors (Lipinski definition) is 1. The molecule has 0 radical (unpaired) electrons. The van der Waals surface area contributed by atoms with E-state index in [0.717, 1.165) is 6.54 Å². The first kappa shape index (κ1) is 9.91. The van der Waals surface area contributed by atoms with Crippen molar-refractivity contribution in [3.63, 3.8) is 0 Å². The molecule has 1 heterocycles. The van der Waals surface area contributed by atoms with E-state index in [4.69, 9.17) is 0 Å². The van der Waals surface area contributed by atoms with Gasteiger partial charge in [0.2, 0.25) is 0 Å². The van der Waals surface area contributed by atoms with Crippen LogP contribution < -0.4 is 4.72 Å². The summed E-state index contributed by atoms with van der Waals surface area (Å²) in [7, 11) is 0.727. The first-order valence-corrected chi connectivity index (χ1v) is 5.36. The van der Waals surface area contributed by atoms with Gasteiger partial charge in [-0.15, -0.1) is 0 Å². The maximum atomic E-state index is 11.2. The normalized spacial score (nSPS) is 23.6. The van der Waals surface area contributed by atoms with Crippen molar-refractivity contribution >= 4 is 10.2 Å². The molecule has 0 aromatic rings. The van der Waals surface area contributed by atoms with Crippen LogP contribution in [0.2, 0.25) is 0 Å². The smallest absolute Gasteiger partial charge is 0.279 e. The van der Waals surface area contributed by atoms with E-state index in [1.165, 1.54) is 4.31 Å². The highest BCUT2D eigenvalue weighted by Gasteiger charge is 2.26. The van der Waals surface area contributed by atoms with Gasteiger partial charge in [-0.3, -0.25) is 0 Å². The van der Waals surface area contributed by atoms with E-state index < -0.39 is 10.2 Å². The predicted molar refractivity (Wildman–Crippen MR) is 47.0 cm³/mol. The van der Waals surface area contributed by atoms with E-state index in [1.807, 2.05) is 19.0 Å². The lowest BCUT2D eigenvalue weighted by atomic mass is 10.5. The van der Waals surface area contributed by atoms with Gasteiger partial charge < -0.3 is 4.90 Å². The fourth-order valence-electron chi connectivity index (χ4n) is 1.05. The van der Waals surface area contributed by atoms with E-state index in [1.54, 1.807) is 0 Å². The standard InChI is InChI=1S/C6H15N3O2S/c1-8(2)5-6-9-4-3-7-12(9,10)11/h7H,3-6H2,1-2H3. The van der Waals surface area contributed by atoms with Gasteiger partial charge >= 0.3 is 0 Å². The third-order valence-corrected chi connectivity index (χ3v) is 3.40. The molecule has 1 rings (SSSR count). The maximum Gasteiger partial charge on any atom is 0.279 e. The number of nitrogens with zero attached hydrogens (tertiary/aromatic N) is 2. The molecule has 0 aromatic heterocycles. The van der Waals surface area contributed by atoms with Crippen LogP contribution in [0.25, 0.3) is 0 Å². The Kier molecular flexibility index (Phi) is 3.05. The maximum absolute atomic E-state index is 11.2. The molecule has 5 nitrogen and oxygen atoms in total. The third-order valence-electron chi connectivity index (χ3n) is 1.78. The highest BCUT2D eigenvalue weighted by Crippen LogP contribution is 2.02. The Balaban J connectivity index is 2.43. The largest absolute Gasteiger partial charge is 0.308 e. The lowest BCUT2D eigenvalue weighted by Gasteiger charge is -2.16. The molecule has 0 unspecified atom stereocenters. The lowest BCUT2D eigenvalue weighted by molar-refractivity contribution is 0.348. The van der Waals surface area contributed by atoms with Gasteiger partial charge in [0.15, 0.2) is 0 Å². The van der Waals surface area contributed by atoms with Crippen molar-refractivity contribution in [2.24, 2.45) is 0 Å². The van der Waals surface area contributed by atoms with Crippen molar-refractivity contribution in [2.45, 2.75) is 0 Å². The molecule has 1 N–H and O–H groups in total. The summed E-state index contributed by atoms with van der Waals surface area (Å²) in [6.07, 6.45) is 0. The van der Waals surface area contributed by atoms with Crippen LogP contribution in [0.1, 0.15) is 0 Å². The Morgan fingerprint density at radius 3 is 2.58 bits per heavy atom. The molecule has 0 bridgehead atoms. The molecule has 1 fully saturated rings. The monoisotopic (exact) mass is 193 g/mol. The highest BCUT2D eigenvalue weighted by atomic mass is 32.2. The van der Waals surface area contributed by atoms with Gasteiger partial charge in [0.1, 0.15) is 0 Å². The molecule has 0 spiro atoms. The Hall–Kier alpha value is -0.170. The molecule has 0 aliphatic carbocycles. The second kappa shape index (κ2) is 3.69. The van der Waals surface area contributed by atoms with E-state index in [9.17, 15) is 8.42 Å². The van der Waals surface area contributed by atoms with Crippen molar-refractivity contribution < 1.29 is 8.42 Å². The van der Waals surface area contributed by atoms with E-state index in [-0.39, 0.29) is 0 Å². The molecular formula is C6H15N3O2S. The van der Waals surface area contributed by atoms with Crippen molar-refractivity contribution in [1.82, 2.24) is 13.9 Å². The van der Waals surface area contributed by atoms with Crippen LogP contribution in [0.3, 0.4) is 0 Å². The number of likely N-dealkylation sites (N-methyl/N-ethyl adjacent to an activating group) is 1. The SMILES string of the molecule is CN(C)CCN1CCNS1(=O)=O. The summed E-state index contributed by atoms with van der Waals surface area (Å²) in [5.74, 6) is 0. The number of rotatable bonds is 3. The van der Waals surface area contributed by atoms with Crippen LogP contribution in [0.15, 0.2) is 0 Å². The molecule has 1 saturated heterocycles. The van der Waals surface area contributed by atoms with Crippen molar-refractivity contribution in [2.75, 3.05) is 40.3 Å². The fraction of sp³-hybridized carbons (Fsp3) is 1.00. The predicted octanol–water partition coefficient (Wildman–Crippen LogP) is -1.30. The molecule has 0 saturated carbocycles. The van der Waals surface area contributed by atoms with Crippen LogP contribution in [-0.4, -0.2) is 57.9 Å². The summed E-state index contributed by atoms with van der Waals surface area (Å²) >= 11 is 0. The summed E-state index contributed by atoms with van der Waals surface area (Å²) in [5, 5.41) is 0. The minimum Gasteiger partial charge on any atom is -0.308 e. The van der Waals surface area contributed by atoms with E-state index >= 15 is 0 Å². The molecule has 12 heavy (non-hydrogen) atoms. The molecule has 0 aromatic carbocycles. The van der Waals surface area contributed by atoms with Gasteiger partial charge in [-0.2, -0.15) is 12.7 Å². The van der Waals surface area contributed by atoms with E-state index in [2.05, 4.69) is 4.72 Å². The Bertz CT molecular complexity index is 237. The summed E-state index contributed by atoms with van der Waals surface area (Å²) in [6.45, 7) is 2.47. The first-order chi connectivity index (χ1) is 5.52. The molecule has 0 amide bonds. The zero-order chi connectivity index (χ0) is 9.19. The highest BCUT2D eigenvalue weighted by molar-refractivity contribution is 7.87. The molecule has 1 aliphatic heterocycles. The summed E-state index contributed by atoms with van der Waals surface area (Å²) < 4.78 is 26.3. The van der Waals surface area contributed by atoms with Crippen LogP contribution in [0, 0.1) is 0 Å². The summed E-state index contributed by atoms with van der Waals surface area (Å²) in [5.41, 5.74) is 0. The van der Waals surface area contributed by atoms with Gasteiger partial charge in [0.05, 0.1) is 0 Å².